The third-order valence-corrected chi connectivity index (χ3v) is 2.86. The predicted molar refractivity (Wildman–Crippen MR) is 73.6 cm³/mol. The van der Waals surface area contributed by atoms with E-state index in [1.54, 1.807) is 0 Å². The third-order valence-electron chi connectivity index (χ3n) is 2.86. The molecule has 0 aromatic carbocycles. The van der Waals surface area contributed by atoms with Crippen molar-refractivity contribution in [1.29, 1.82) is 10.5 Å². The van der Waals surface area contributed by atoms with Gasteiger partial charge in [0.2, 0.25) is 0 Å². The van der Waals surface area contributed by atoms with E-state index >= 15 is 0 Å². The van der Waals surface area contributed by atoms with Gasteiger partial charge in [-0.15, -0.1) is 0 Å². The largest absolute Gasteiger partial charge is 0.377 e. The molecule has 0 aromatic rings. The highest BCUT2D eigenvalue weighted by Gasteiger charge is 2.15. The quantitative estimate of drug-likeness (QED) is 0.726. The van der Waals surface area contributed by atoms with Gasteiger partial charge < -0.3 is 9.64 Å². The van der Waals surface area contributed by atoms with E-state index in [1.807, 2.05) is 52.0 Å². The van der Waals surface area contributed by atoms with Gasteiger partial charge in [-0.1, -0.05) is 0 Å². The highest BCUT2D eigenvalue weighted by atomic mass is 16.5. The van der Waals surface area contributed by atoms with Crippen LogP contribution >= 0.6 is 0 Å². The van der Waals surface area contributed by atoms with Gasteiger partial charge in [0.1, 0.15) is 17.7 Å². The second-order valence-corrected chi connectivity index (χ2v) is 4.70. The van der Waals surface area contributed by atoms with Crippen molar-refractivity contribution in [2.24, 2.45) is 0 Å². The number of ether oxygens (including phenoxy) is 1. The molecule has 0 N–H and O–H groups in total. The summed E-state index contributed by atoms with van der Waals surface area (Å²) in [4.78, 5) is 2.12. The molecule has 0 unspecified atom stereocenters. The Morgan fingerprint density at radius 1 is 1.21 bits per heavy atom. The van der Waals surface area contributed by atoms with Crippen LogP contribution in [0.15, 0.2) is 34.7 Å². The molecule has 0 aromatic heterocycles. The maximum atomic E-state index is 8.90. The molecule has 0 radical (unpaired) electrons. The zero-order valence-electron chi connectivity index (χ0n) is 11.9. The Hall–Kier alpha value is -2.04. The average Bonchev–Trinajstić information content (AvgIpc) is 2.34. The number of allylic oxidation sites excluding steroid dienone is 6. The lowest BCUT2D eigenvalue weighted by Gasteiger charge is -2.29. The van der Waals surface area contributed by atoms with Crippen LogP contribution < -0.4 is 0 Å². The first-order chi connectivity index (χ1) is 8.99. The van der Waals surface area contributed by atoms with Gasteiger partial charge in [-0.05, 0) is 39.8 Å². The summed E-state index contributed by atoms with van der Waals surface area (Å²) in [5.41, 5.74) is 2.87. The van der Waals surface area contributed by atoms with Gasteiger partial charge in [-0.3, -0.25) is 0 Å². The number of nitrogens with zero attached hydrogens (tertiary/aromatic N) is 3. The molecule has 0 fully saturated rings. The molecule has 4 heteroatoms. The first-order valence-corrected chi connectivity index (χ1v) is 6.29. The molecule has 1 aliphatic rings. The van der Waals surface area contributed by atoms with E-state index in [0.717, 1.165) is 17.9 Å². The van der Waals surface area contributed by atoms with Crippen molar-refractivity contribution in [2.75, 3.05) is 13.2 Å². The van der Waals surface area contributed by atoms with Crippen LogP contribution in [0, 0.1) is 22.7 Å². The van der Waals surface area contributed by atoms with Gasteiger partial charge in [-0.2, -0.15) is 10.5 Å². The third kappa shape index (κ3) is 3.98. The Labute approximate surface area is 114 Å². The zero-order chi connectivity index (χ0) is 14.4. The minimum absolute atomic E-state index is 0.150. The molecule has 0 spiro atoms. The zero-order valence-corrected chi connectivity index (χ0v) is 11.9. The standard InChI is InChI=1S/C15H19N3O/c1-11(2)19-6-5-18-12(3)7-14(8-13(18)4)15(9-16)10-17/h7-8,11H,5-6H2,1-4H3. The lowest BCUT2D eigenvalue weighted by molar-refractivity contribution is 0.0694. The van der Waals surface area contributed by atoms with Crippen LogP contribution in [0.4, 0.5) is 0 Å². The van der Waals surface area contributed by atoms with E-state index in [9.17, 15) is 0 Å². The number of rotatable bonds is 4. The summed E-state index contributed by atoms with van der Waals surface area (Å²) in [6, 6.07) is 3.84. The number of hydrogen-bond acceptors (Lipinski definition) is 4. The van der Waals surface area contributed by atoms with Crippen LogP contribution in [-0.4, -0.2) is 24.2 Å². The highest BCUT2D eigenvalue weighted by molar-refractivity contribution is 5.53. The fourth-order valence-corrected chi connectivity index (χ4v) is 1.96. The molecule has 100 valence electrons. The number of nitriles is 2. The summed E-state index contributed by atoms with van der Waals surface area (Å²) < 4.78 is 5.55. The molecule has 0 amide bonds. The van der Waals surface area contributed by atoms with Crippen molar-refractivity contribution in [3.63, 3.8) is 0 Å². The maximum absolute atomic E-state index is 8.90. The summed E-state index contributed by atoms with van der Waals surface area (Å²) in [7, 11) is 0. The second-order valence-electron chi connectivity index (χ2n) is 4.70. The molecule has 0 saturated heterocycles. The van der Waals surface area contributed by atoms with Crippen LogP contribution in [-0.2, 0) is 4.74 Å². The maximum Gasteiger partial charge on any atom is 0.137 e. The molecule has 0 atom stereocenters. The van der Waals surface area contributed by atoms with Crippen LogP contribution in [0.2, 0.25) is 0 Å². The molecule has 0 bridgehead atoms. The predicted octanol–water partition coefficient (Wildman–Crippen LogP) is 2.88. The minimum atomic E-state index is 0.150. The van der Waals surface area contributed by atoms with Crippen LogP contribution in [0.3, 0.4) is 0 Å². The molecule has 1 rings (SSSR count). The van der Waals surface area contributed by atoms with Crippen molar-refractivity contribution in [1.82, 2.24) is 4.90 Å². The van der Waals surface area contributed by atoms with E-state index in [4.69, 9.17) is 15.3 Å². The van der Waals surface area contributed by atoms with Crippen LogP contribution in [0.1, 0.15) is 27.7 Å². The van der Waals surface area contributed by atoms with E-state index in [0.29, 0.717) is 12.2 Å². The Morgan fingerprint density at radius 2 is 1.74 bits per heavy atom. The highest BCUT2D eigenvalue weighted by Crippen LogP contribution is 2.24. The molecule has 1 aliphatic heterocycles. The molecular weight excluding hydrogens is 238 g/mol. The smallest absolute Gasteiger partial charge is 0.137 e. The van der Waals surface area contributed by atoms with Crippen molar-refractivity contribution >= 4 is 0 Å². The molecular formula is C15H19N3O. The van der Waals surface area contributed by atoms with Gasteiger partial charge >= 0.3 is 0 Å². The van der Waals surface area contributed by atoms with Crippen molar-refractivity contribution < 1.29 is 4.74 Å². The topological polar surface area (TPSA) is 60.0 Å². The van der Waals surface area contributed by atoms with Gasteiger partial charge in [0.05, 0.1) is 12.7 Å². The summed E-state index contributed by atoms with van der Waals surface area (Å²) in [5, 5.41) is 17.8. The normalized spacial score (nSPS) is 14.7. The average molecular weight is 257 g/mol. The van der Waals surface area contributed by atoms with Gasteiger partial charge in [0.25, 0.3) is 0 Å². The van der Waals surface area contributed by atoms with E-state index < -0.39 is 0 Å². The summed E-state index contributed by atoms with van der Waals surface area (Å²) >= 11 is 0. The fraction of sp³-hybridized carbons (Fsp3) is 0.467. The van der Waals surface area contributed by atoms with Gasteiger partial charge in [0.15, 0.2) is 0 Å². The Balaban J connectivity index is 2.86. The Bertz CT molecular complexity index is 474. The van der Waals surface area contributed by atoms with E-state index in [2.05, 4.69) is 4.90 Å². The lowest BCUT2D eigenvalue weighted by atomic mass is 10.0. The number of hydrogen-bond donors (Lipinski definition) is 0. The lowest BCUT2D eigenvalue weighted by Crippen LogP contribution is -2.27. The summed E-state index contributed by atoms with van der Waals surface area (Å²) in [6.45, 7) is 9.38. The Morgan fingerprint density at radius 3 is 2.16 bits per heavy atom. The summed E-state index contributed by atoms with van der Waals surface area (Å²) in [5.74, 6) is 0. The molecule has 0 aliphatic carbocycles. The fourth-order valence-electron chi connectivity index (χ4n) is 1.96. The molecule has 1 heterocycles. The van der Waals surface area contributed by atoms with Crippen molar-refractivity contribution in [3.05, 3.63) is 34.7 Å². The van der Waals surface area contributed by atoms with E-state index in [1.165, 1.54) is 0 Å². The molecule has 19 heavy (non-hydrogen) atoms. The Kier molecular flexibility index (Phi) is 5.36. The summed E-state index contributed by atoms with van der Waals surface area (Å²) in [6.07, 6.45) is 3.95. The minimum Gasteiger partial charge on any atom is -0.377 e. The van der Waals surface area contributed by atoms with Gasteiger partial charge in [-0.25, -0.2) is 0 Å². The first-order valence-electron chi connectivity index (χ1n) is 6.29. The second kappa shape index (κ2) is 6.78. The van der Waals surface area contributed by atoms with Crippen LogP contribution in [0.5, 0.6) is 0 Å². The molecule has 4 nitrogen and oxygen atoms in total. The molecule has 0 saturated carbocycles. The van der Waals surface area contributed by atoms with Gasteiger partial charge in [0, 0.05) is 23.5 Å². The van der Waals surface area contributed by atoms with Crippen molar-refractivity contribution in [2.45, 2.75) is 33.8 Å². The van der Waals surface area contributed by atoms with Crippen LogP contribution in [0.25, 0.3) is 0 Å². The SMILES string of the molecule is CC1=CC(=C(C#N)C#N)C=C(C)N1CCOC(C)C. The van der Waals surface area contributed by atoms with E-state index in [-0.39, 0.29) is 11.7 Å². The van der Waals surface area contributed by atoms with Crippen molar-refractivity contribution in [3.8, 4) is 12.1 Å². The first kappa shape index (κ1) is 15.0. The monoisotopic (exact) mass is 257 g/mol.